The van der Waals surface area contributed by atoms with Gasteiger partial charge in [-0.05, 0) is 110 Å². The van der Waals surface area contributed by atoms with Crippen molar-refractivity contribution < 1.29 is 79.0 Å². The first-order chi connectivity index (χ1) is 26.8. The first-order valence-electron chi connectivity index (χ1n) is 20.7. The van der Waals surface area contributed by atoms with Gasteiger partial charge >= 0.3 is 17.9 Å². The van der Waals surface area contributed by atoms with Crippen molar-refractivity contribution in [3.05, 3.63) is 11.6 Å². The number of aliphatic carboxylic acids is 3. The predicted molar refractivity (Wildman–Crippen MR) is 199 cm³/mol. The average Bonchev–Trinajstić information content (AvgIpc) is 3.13. The van der Waals surface area contributed by atoms with E-state index in [1.165, 1.54) is 0 Å². The second-order valence-electron chi connectivity index (χ2n) is 20.6. The third-order valence-electron chi connectivity index (χ3n) is 17.2. The highest BCUT2D eigenvalue weighted by Crippen LogP contribution is 2.75. The molecule has 5 aliphatic carbocycles. The molecule has 0 spiro atoms. The van der Waals surface area contributed by atoms with E-state index in [-0.39, 0.29) is 34.4 Å². The average molecular weight is 823 g/mol. The van der Waals surface area contributed by atoms with Crippen molar-refractivity contribution in [2.24, 2.45) is 50.2 Å². The van der Waals surface area contributed by atoms with Crippen LogP contribution in [0.2, 0.25) is 0 Å². The number of ether oxygens (including phenoxy) is 4. The molecule has 0 bridgehead atoms. The summed E-state index contributed by atoms with van der Waals surface area (Å²) >= 11 is 0. The van der Waals surface area contributed by atoms with Crippen LogP contribution in [-0.2, 0) is 38.1 Å². The van der Waals surface area contributed by atoms with Crippen LogP contribution in [0.3, 0.4) is 0 Å². The molecule has 8 N–H and O–H groups in total. The second-order valence-corrected chi connectivity index (χ2v) is 20.6. The molecule has 2 aliphatic heterocycles. The lowest BCUT2D eigenvalue weighted by Crippen LogP contribution is -2.68. The van der Waals surface area contributed by atoms with Gasteiger partial charge in [-0.25, -0.2) is 9.59 Å². The summed E-state index contributed by atoms with van der Waals surface area (Å²) in [6.45, 7) is 14.8. The van der Waals surface area contributed by atoms with Gasteiger partial charge in [0.2, 0.25) is 0 Å². The van der Waals surface area contributed by atoms with E-state index in [0.29, 0.717) is 25.7 Å². The van der Waals surface area contributed by atoms with Crippen molar-refractivity contribution in [1.82, 2.24) is 0 Å². The molecule has 326 valence electrons. The van der Waals surface area contributed by atoms with Gasteiger partial charge in [-0.15, -0.1) is 0 Å². The van der Waals surface area contributed by atoms with Gasteiger partial charge in [-0.2, -0.15) is 0 Å². The fourth-order valence-corrected chi connectivity index (χ4v) is 13.4. The number of hydrogen-bond acceptors (Lipinski definition) is 13. The third kappa shape index (κ3) is 6.25. The maximum absolute atomic E-state index is 14.8. The Balaban J connectivity index is 1.17. The summed E-state index contributed by atoms with van der Waals surface area (Å²) in [6, 6.07) is 0. The minimum absolute atomic E-state index is 0.0217. The number of carboxylic acids is 3. The van der Waals surface area contributed by atoms with Crippen molar-refractivity contribution in [1.29, 1.82) is 0 Å². The Hall–Kier alpha value is -2.54. The summed E-state index contributed by atoms with van der Waals surface area (Å²) in [6.07, 6.45) is -12.2. The van der Waals surface area contributed by atoms with E-state index in [1.807, 2.05) is 26.8 Å². The zero-order valence-corrected chi connectivity index (χ0v) is 34.4. The lowest BCUT2D eigenvalue weighted by molar-refractivity contribution is -0.371. The lowest BCUT2D eigenvalue weighted by Gasteiger charge is -2.70. The Morgan fingerprint density at radius 2 is 1.28 bits per heavy atom. The Morgan fingerprint density at radius 1 is 0.690 bits per heavy atom. The SMILES string of the molecule is CC1(C)[C@@H](O[C@H]2O[C@H](C(=O)O)[C@@H](O)[C@H](O)[C@H]2O[C@H]2O[C@@H](C(=O)O)[C@H](O)[C@@H](O)[C@@H]2O)CC[C@]2(C)[C@H]3C(=O)C=C4[C@@H]5C[C@@](C)(C(=O)O)CC[C@]5(C)CC[C@@]4(C)[C@]3(C)CC[C@@H]12. The van der Waals surface area contributed by atoms with E-state index in [0.717, 1.165) is 37.7 Å². The zero-order chi connectivity index (χ0) is 42.9. The van der Waals surface area contributed by atoms with Crippen molar-refractivity contribution in [2.75, 3.05) is 0 Å². The van der Waals surface area contributed by atoms with E-state index in [4.69, 9.17) is 18.9 Å². The number of carboxylic acid groups (broad SMARTS) is 3. The molecule has 0 unspecified atom stereocenters. The second kappa shape index (κ2) is 14.3. The van der Waals surface area contributed by atoms with E-state index in [2.05, 4.69) is 27.7 Å². The molecule has 2 saturated heterocycles. The largest absolute Gasteiger partial charge is 0.481 e. The van der Waals surface area contributed by atoms with Crippen molar-refractivity contribution >= 4 is 23.7 Å². The van der Waals surface area contributed by atoms with Crippen molar-refractivity contribution in [3.63, 3.8) is 0 Å². The van der Waals surface area contributed by atoms with E-state index >= 15 is 0 Å². The van der Waals surface area contributed by atoms with Crippen LogP contribution in [0.1, 0.15) is 106 Å². The maximum atomic E-state index is 14.8. The molecule has 16 nitrogen and oxygen atoms in total. The number of carbonyl (C=O) groups is 4. The number of aliphatic hydroxyl groups excluding tert-OH is 5. The van der Waals surface area contributed by atoms with Gasteiger partial charge in [0, 0.05) is 5.92 Å². The van der Waals surface area contributed by atoms with Crippen molar-refractivity contribution in [2.45, 2.75) is 174 Å². The Bertz CT molecular complexity index is 1730. The van der Waals surface area contributed by atoms with Crippen LogP contribution < -0.4 is 0 Å². The van der Waals surface area contributed by atoms with Crippen LogP contribution in [0.15, 0.2) is 11.6 Å². The molecule has 58 heavy (non-hydrogen) atoms. The number of aliphatic hydroxyl groups is 5. The molecule has 19 atom stereocenters. The van der Waals surface area contributed by atoms with Crippen molar-refractivity contribution in [3.8, 4) is 0 Å². The van der Waals surface area contributed by atoms with E-state index in [9.17, 15) is 60.0 Å². The molecule has 0 aromatic heterocycles. The monoisotopic (exact) mass is 822 g/mol. The molecular weight excluding hydrogens is 760 g/mol. The van der Waals surface area contributed by atoms with Crippen LogP contribution in [0.5, 0.6) is 0 Å². The highest BCUT2D eigenvalue weighted by molar-refractivity contribution is 5.95. The summed E-state index contributed by atoms with van der Waals surface area (Å²) in [5.41, 5.74) is -1.81. The quantitative estimate of drug-likeness (QED) is 0.171. The van der Waals surface area contributed by atoms with Crippen LogP contribution in [0, 0.1) is 50.2 Å². The summed E-state index contributed by atoms with van der Waals surface area (Å²) < 4.78 is 23.4. The van der Waals surface area contributed by atoms with Gasteiger partial charge in [-0.3, -0.25) is 9.59 Å². The number of carbonyl (C=O) groups excluding carboxylic acids is 1. The van der Waals surface area contributed by atoms with Gasteiger partial charge in [0.1, 0.15) is 36.6 Å². The van der Waals surface area contributed by atoms with Gasteiger partial charge in [0.05, 0.1) is 11.5 Å². The number of hydrogen-bond donors (Lipinski definition) is 8. The molecule has 0 aromatic carbocycles. The van der Waals surface area contributed by atoms with Crippen LogP contribution in [-0.4, -0.2) is 132 Å². The van der Waals surface area contributed by atoms with Gasteiger partial charge < -0.3 is 59.8 Å². The molecule has 0 radical (unpaired) electrons. The maximum Gasteiger partial charge on any atom is 0.335 e. The highest BCUT2D eigenvalue weighted by Gasteiger charge is 2.71. The van der Waals surface area contributed by atoms with Gasteiger partial charge in [0.15, 0.2) is 30.6 Å². The Kier molecular flexibility index (Phi) is 10.7. The first-order valence-corrected chi connectivity index (χ1v) is 20.7. The molecule has 7 aliphatic rings. The third-order valence-corrected chi connectivity index (χ3v) is 17.2. The number of allylic oxidation sites excluding steroid dienone is 2. The first kappa shape index (κ1) is 43.5. The molecule has 16 heteroatoms. The molecule has 4 saturated carbocycles. The number of rotatable bonds is 7. The summed E-state index contributed by atoms with van der Waals surface area (Å²) in [7, 11) is 0. The smallest absolute Gasteiger partial charge is 0.335 e. The molecule has 7 rings (SSSR count). The molecule has 0 amide bonds. The standard InChI is InChI=1S/C42H62O16/c1-37(2)21-8-11-42(7)31(20(43)16-18-19-17-39(4,36(53)54)13-12-38(19,3)14-15-41(18,42)6)40(21,5)10-9-22(37)55-35-30(26(47)25(46)29(57-35)33(51)52)58-34-27(48)23(44)24(45)28(56-34)32(49)50/h16,19,21-31,34-35,44-48H,8-15,17H2,1-7H3,(H,49,50)(H,51,52)(H,53,54)/t19-,21-,22-,23+,24+,25-,26-,27-,28+,29-,30+,31+,34+,35-,38+,39-,40-,41+,42+/m0/s1. The van der Waals surface area contributed by atoms with Crippen LogP contribution in [0.4, 0.5) is 0 Å². The zero-order valence-electron chi connectivity index (χ0n) is 34.4. The minimum Gasteiger partial charge on any atom is -0.481 e. The van der Waals surface area contributed by atoms with Crippen LogP contribution >= 0.6 is 0 Å². The summed E-state index contributed by atoms with van der Waals surface area (Å²) in [4.78, 5) is 51.3. The number of ketones is 1. The fourth-order valence-electron chi connectivity index (χ4n) is 13.4. The summed E-state index contributed by atoms with van der Waals surface area (Å²) in [5, 5.41) is 83.0. The molecular formula is C42H62O16. The normalized spacial score (nSPS) is 52.6. The predicted octanol–water partition coefficient (Wildman–Crippen LogP) is 2.25. The van der Waals surface area contributed by atoms with E-state index in [1.54, 1.807) is 0 Å². The van der Waals surface area contributed by atoms with E-state index < -0.39 is 107 Å². The minimum atomic E-state index is -2.05. The highest BCUT2D eigenvalue weighted by atomic mass is 16.8. The lowest BCUT2D eigenvalue weighted by atomic mass is 9.33. The van der Waals surface area contributed by atoms with Gasteiger partial charge in [-0.1, -0.05) is 47.1 Å². The summed E-state index contributed by atoms with van der Waals surface area (Å²) in [5.74, 6) is -4.47. The molecule has 6 fully saturated rings. The fraction of sp³-hybridized carbons (Fsp3) is 0.857. The van der Waals surface area contributed by atoms with Gasteiger partial charge in [0.25, 0.3) is 0 Å². The molecule has 0 aromatic rings. The number of fused-ring (bicyclic) bond motifs is 7. The topological polar surface area (TPSA) is 267 Å². The Morgan fingerprint density at radius 3 is 1.88 bits per heavy atom. The molecule has 2 heterocycles. The Labute approximate surface area is 337 Å². The van der Waals surface area contributed by atoms with Crippen LogP contribution in [0.25, 0.3) is 0 Å².